The number of benzene rings is 2. The Morgan fingerprint density at radius 3 is 2.37 bits per heavy atom. The third-order valence-electron chi connectivity index (χ3n) is 5.04. The van der Waals surface area contributed by atoms with Crippen LogP contribution < -0.4 is 15.5 Å². The zero-order chi connectivity index (χ0) is 19.2. The lowest BCUT2D eigenvalue weighted by Crippen LogP contribution is -2.48. The van der Waals surface area contributed by atoms with Crippen LogP contribution in [-0.2, 0) is 0 Å². The van der Waals surface area contributed by atoms with E-state index in [4.69, 9.17) is 0 Å². The van der Waals surface area contributed by atoms with Crippen molar-refractivity contribution < 1.29 is 9.18 Å². The molecule has 1 saturated heterocycles. The highest BCUT2D eigenvalue weighted by Crippen LogP contribution is 2.17. The average Bonchev–Trinajstić information content (AvgIpc) is 2.66. The Hall–Kier alpha value is -2.60. The molecule has 0 aromatic heterocycles. The first-order valence-electron chi connectivity index (χ1n) is 9.36. The Balaban J connectivity index is 1.36. The fourth-order valence-electron chi connectivity index (χ4n) is 3.20. The summed E-state index contributed by atoms with van der Waals surface area (Å²) in [5, 5.41) is 5.79. The summed E-state index contributed by atoms with van der Waals surface area (Å²) < 4.78 is 13.0. The van der Waals surface area contributed by atoms with Crippen LogP contribution in [-0.4, -0.2) is 50.2 Å². The largest absolute Gasteiger partial charge is 0.369 e. The Bertz CT molecular complexity index is 770. The molecule has 2 aromatic carbocycles. The molecule has 3 rings (SSSR count). The smallest absolute Gasteiger partial charge is 0.319 e. The molecule has 1 aliphatic rings. The predicted molar refractivity (Wildman–Crippen MR) is 108 cm³/mol. The number of anilines is 2. The number of amides is 2. The number of piperazine rings is 1. The lowest BCUT2D eigenvalue weighted by atomic mass is 10.1. The molecule has 27 heavy (non-hydrogen) atoms. The number of aryl methyl sites for hydroxylation is 2. The van der Waals surface area contributed by atoms with Gasteiger partial charge in [0.15, 0.2) is 0 Å². The second-order valence-electron chi connectivity index (χ2n) is 6.99. The molecule has 0 saturated carbocycles. The van der Waals surface area contributed by atoms with E-state index in [-0.39, 0.29) is 11.8 Å². The molecule has 2 aromatic rings. The van der Waals surface area contributed by atoms with Gasteiger partial charge in [-0.2, -0.15) is 0 Å². The van der Waals surface area contributed by atoms with Crippen molar-refractivity contribution in [3.8, 4) is 0 Å². The Kier molecular flexibility index (Phi) is 6.29. The van der Waals surface area contributed by atoms with Crippen molar-refractivity contribution >= 4 is 17.4 Å². The number of nitrogens with one attached hydrogen (secondary N) is 2. The number of rotatable bonds is 5. The van der Waals surface area contributed by atoms with Gasteiger partial charge in [-0.25, -0.2) is 9.18 Å². The molecule has 0 spiro atoms. The summed E-state index contributed by atoms with van der Waals surface area (Å²) in [7, 11) is 0. The van der Waals surface area contributed by atoms with Crippen molar-refractivity contribution in [3.63, 3.8) is 0 Å². The number of hydrogen-bond donors (Lipinski definition) is 2. The zero-order valence-corrected chi connectivity index (χ0v) is 16.0. The van der Waals surface area contributed by atoms with Gasteiger partial charge < -0.3 is 15.5 Å². The maximum atomic E-state index is 13.0. The van der Waals surface area contributed by atoms with Gasteiger partial charge in [-0.3, -0.25) is 4.90 Å². The predicted octanol–water partition coefficient (Wildman–Crippen LogP) is 3.39. The van der Waals surface area contributed by atoms with Crippen LogP contribution in [0.2, 0.25) is 0 Å². The molecular formula is C21H27FN4O. The van der Waals surface area contributed by atoms with Crippen LogP contribution in [0.1, 0.15) is 11.1 Å². The van der Waals surface area contributed by atoms with Gasteiger partial charge >= 0.3 is 6.03 Å². The van der Waals surface area contributed by atoms with Crippen LogP contribution in [0.5, 0.6) is 0 Å². The van der Waals surface area contributed by atoms with E-state index in [1.165, 1.54) is 17.7 Å². The summed E-state index contributed by atoms with van der Waals surface area (Å²) in [5.74, 6) is -0.206. The lowest BCUT2D eigenvalue weighted by molar-refractivity contribution is 0.240. The third kappa shape index (κ3) is 5.44. The summed E-state index contributed by atoms with van der Waals surface area (Å²) in [6, 6.07) is 12.4. The Labute approximate surface area is 160 Å². The molecule has 2 amide bonds. The molecule has 0 radical (unpaired) electrons. The van der Waals surface area contributed by atoms with Crippen LogP contribution in [0.15, 0.2) is 42.5 Å². The minimum Gasteiger partial charge on any atom is -0.369 e. The van der Waals surface area contributed by atoms with Crippen molar-refractivity contribution in [3.05, 3.63) is 59.4 Å². The number of carbonyl (C=O) groups excluding carboxylic acids is 1. The quantitative estimate of drug-likeness (QED) is 0.848. The molecule has 2 N–H and O–H groups in total. The number of hydrogen-bond acceptors (Lipinski definition) is 3. The lowest BCUT2D eigenvalue weighted by Gasteiger charge is -2.36. The Morgan fingerprint density at radius 1 is 1.00 bits per heavy atom. The first kappa shape index (κ1) is 19.2. The zero-order valence-electron chi connectivity index (χ0n) is 16.0. The normalized spacial score (nSPS) is 14.9. The van der Waals surface area contributed by atoms with Crippen molar-refractivity contribution in [1.29, 1.82) is 0 Å². The van der Waals surface area contributed by atoms with E-state index in [0.29, 0.717) is 6.54 Å². The molecule has 1 fully saturated rings. The van der Waals surface area contributed by atoms with E-state index >= 15 is 0 Å². The number of halogens is 1. The number of urea groups is 1. The highest BCUT2D eigenvalue weighted by molar-refractivity contribution is 5.89. The second-order valence-corrected chi connectivity index (χ2v) is 6.99. The standard InChI is InChI=1S/C21H27FN4O/c1-16-3-6-19(15-17(16)2)24-21(27)23-9-10-25-11-13-26(14-12-25)20-7-4-18(22)5-8-20/h3-8,15H,9-14H2,1-2H3,(H2,23,24,27). The highest BCUT2D eigenvalue weighted by atomic mass is 19.1. The van der Waals surface area contributed by atoms with E-state index in [0.717, 1.165) is 49.7 Å². The first-order chi connectivity index (χ1) is 13.0. The average molecular weight is 370 g/mol. The third-order valence-corrected chi connectivity index (χ3v) is 5.04. The summed E-state index contributed by atoms with van der Waals surface area (Å²) in [6.45, 7) is 9.17. The topological polar surface area (TPSA) is 47.6 Å². The minimum absolute atomic E-state index is 0.178. The van der Waals surface area contributed by atoms with Gasteiger partial charge in [0.25, 0.3) is 0 Å². The summed E-state index contributed by atoms with van der Waals surface area (Å²) in [5.41, 5.74) is 4.23. The SMILES string of the molecule is Cc1ccc(NC(=O)NCCN2CCN(c3ccc(F)cc3)CC2)cc1C. The minimum atomic E-state index is -0.206. The maximum Gasteiger partial charge on any atom is 0.319 e. The van der Waals surface area contributed by atoms with Gasteiger partial charge in [0, 0.05) is 50.6 Å². The van der Waals surface area contributed by atoms with E-state index in [1.54, 1.807) is 0 Å². The molecule has 0 aliphatic carbocycles. The van der Waals surface area contributed by atoms with Crippen LogP contribution >= 0.6 is 0 Å². The molecule has 0 unspecified atom stereocenters. The van der Waals surface area contributed by atoms with Crippen molar-refractivity contribution in [1.82, 2.24) is 10.2 Å². The number of nitrogens with zero attached hydrogens (tertiary/aromatic N) is 2. The van der Waals surface area contributed by atoms with E-state index in [1.807, 2.05) is 37.3 Å². The molecular weight excluding hydrogens is 343 g/mol. The fraction of sp³-hybridized carbons (Fsp3) is 0.381. The monoisotopic (exact) mass is 370 g/mol. The van der Waals surface area contributed by atoms with Crippen LogP contribution in [0.3, 0.4) is 0 Å². The molecule has 6 heteroatoms. The molecule has 1 heterocycles. The fourth-order valence-corrected chi connectivity index (χ4v) is 3.20. The van der Waals surface area contributed by atoms with Gasteiger partial charge in [-0.15, -0.1) is 0 Å². The van der Waals surface area contributed by atoms with Gasteiger partial charge in [-0.1, -0.05) is 6.07 Å². The first-order valence-corrected chi connectivity index (χ1v) is 9.36. The van der Waals surface area contributed by atoms with Crippen molar-refractivity contribution in [2.24, 2.45) is 0 Å². The number of carbonyl (C=O) groups is 1. The van der Waals surface area contributed by atoms with E-state index < -0.39 is 0 Å². The summed E-state index contributed by atoms with van der Waals surface area (Å²) >= 11 is 0. The van der Waals surface area contributed by atoms with E-state index in [9.17, 15) is 9.18 Å². The van der Waals surface area contributed by atoms with Gasteiger partial charge in [0.2, 0.25) is 0 Å². The van der Waals surface area contributed by atoms with Crippen LogP contribution in [0.4, 0.5) is 20.6 Å². The highest BCUT2D eigenvalue weighted by Gasteiger charge is 2.17. The van der Waals surface area contributed by atoms with Gasteiger partial charge in [-0.05, 0) is 61.4 Å². The Morgan fingerprint density at radius 2 is 1.70 bits per heavy atom. The van der Waals surface area contributed by atoms with Crippen LogP contribution in [0, 0.1) is 19.7 Å². The summed E-state index contributed by atoms with van der Waals surface area (Å²) in [6.07, 6.45) is 0. The molecule has 0 atom stereocenters. The van der Waals surface area contributed by atoms with Crippen molar-refractivity contribution in [2.75, 3.05) is 49.5 Å². The molecule has 144 valence electrons. The van der Waals surface area contributed by atoms with Gasteiger partial charge in [0.05, 0.1) is 0 Å². The second kappa shape index (κ2) is 8.86. The maximum absolute atomic E-state index is 13.0. The molecule has 0 bridgehead atoms. The van der Waals surface area contributed by atoms with Crippen molar-refractivity contribution in [2.45, 2.75) is 13.8 Å². The molecule has 1 aliphatic heterocycles. The van der Waals surface area contributed by atoms with Gasteiger partial charge in [0.1, 0.15) is 5.82 Å². The molecule has 5 nitrogen and oxygen atoms in total. The van der Waals surface area contributed by atoms with E-state index in [2.05, 4.69) is 27.4 Å². The van der Waals surface area contributed by atoms with Crippen LogP contribution in [0.25, 0.3) is 0 Å². The summed E-state index contributed by atoms with van der Waals surface area (Å²) in [4.78, 5) is 16.6.